The van der Waals surface area contributed by atoms with E-state index >= 15 is 0 Å². The second-order valence-corrected chi connectivity index (χ2v) is 6.23. The molecule has 1 heterocycles. The van der Waals surface area contributed by atoms with Gasteiger partial charge in [-0.1, -0.05) is 60.3 Å². The fourth-order valence-corrected chi connectivity index (χ4v) is 3.11. The molecule has 0 saturated carbocycles. The predicted octanol–water partition coefficient (Wildman–Crippen LogP) is 4.58. The van der Waals surface area contributed by atoms with E-state index in [0.29, 0.717) is 5.57 Å². The Bertz CT molecular complexity index is 791. The molecule has 0 spiro atoms. The summed E-state index contributed by atoms with van der Waals surface area (Å²) in [4.78, 5) is 17.6. The summed E-state index contributed by atoms with van der Waals surface area (Å²) in [7, 11) is 0. The van der Waals surface area contributed by atoms with E-state index in [0.717, 1.165) is 22.1 Å². The molecule has 1 aliphatic rings. The van der Waals surface area contributed by atoms with Gasteiger partial charge in [-0.15, -0.1) is 24.0 Å². The maximum Gasteiger partial charge on any atom is 0.255 e. The Morgan fingerprint density at radius 3 is 2.28 bits per heavy atom. The summed E-state index contributed by atoms with van der Waals surface area (Å²) in [6.07, 6.45) is 1.97. The fourth-order valence-electron chi connectivity index (χ4n) is 2.64. The van der Waals surface area contributed by atoms with Gasteiger partial charge in [0.25, 0.3) is 5.91 Å². The van der Waals surface area contributed by atoms with Gasteiger partial charge in [-0.05, 0) is 30.9 Å². The average molecular weight is 465 g/mol. The van der Waals surface area contributed by atoms with Gasteiger partial charge < -0.3 is 10.6 Å². The largest absolute Gasteiger partial charge is 0.338 e. The first kappa shape index (κ1) is 19.5. The van der Waals surface area contributed by atoms with Crippen molar-refractivity contribution in [2.75, 3.05) is 11.6 Å². The molecule has 1 amide bonds. The van der Waals surface area contributed by atoms with Crippen molar-refractivity contribution in [2.24, 2.45) is 4.99 Å². The van der Waals surface area contributed by atoms with E-state index in [-0.39, 0.29) is 35.9 Å². The van der Waals surface area contributed by atoms with Gasteiger partial charge in [0.15, 0.2) is 5.17 Å². The summed E-state index contributed by atoms with van der Waals surface area (Å²) in [5.41, 5.74) is 3.25. The Morgan fingerprint density at radius 2 is 1.68 bits per heavy atom. The number of nitrogens with zero attached hydrogens (tertiary/aromatic N) is 1. The lowest BCUT2D eigenvalue weighted by Gasteiger charge is -2.26. The zero-order chi connectivity index (χ0) is 16.9. The first-order chi connectivity index (χ1) is 11.7. The van der Waals surface area contributed by atoms with E-state index in [1.165, 1.54) is 11.8 Å². The molecule has 1 atom stereocenters. The number of para-hydroxylation sites is 1. The van der Waals surface area contributed by atoms with Crippen LogP contribution < -0.4 is 10.6 Å². The molecule has 2 N–H and O–H groups in total. The van der Waals surface area contributed by atoms with Crippen LogP contribution in [0.1, 0.15) is 18.5 Å². The minimum atomic E-state index is -0.307. The Labute approximate surface area is 169 Å². The highest BCUT2D eigenvalue weighted by Crippen LogP contribution is 2.32. The van der Waals surface area contributed by atoms with Gasteiger partial charge in [0, 0.05) is 11.4 Å². The van der Waals surface area contributed by atoms with Crippen molar-refractivity contribution in [3.63, 3.8) is 0 Å². The lowest BCUT2D eigenvalue weighted by Crippen LogP contribution is -2.31. The number of rotatable bonds is 3. The maximum absolute atomic E-state index is 12.9. The summed E-state index contributed by atoms with van der Waals surface area (Å²) >= 11 is 1.54. The minimum absolute atomic E-state index is 0. The highest BCUT2D eigenvalue weighted by atomic mass is 127. The highest BCUT2D eigenvalue weighted by molar-refractivity contribution is 14.0. The number of hydrogen-bond acceptors (Lipinski definition) is 4. The summed E-state index contributed by atoms with van der Waals surface area (Å²) in [6.45, 7) is 1.92. The van der Waals surface area contributed by atoms with Crippen LogP contribution in [0.5, 0.6) is 0 Å². The Morgan fingerprint density at radius 1 is 1.08 bits per heavy atom. The zero-order valence-electron chi connectivity index (χ0n) is 14.0. The second kappa shape index (κ2) is 9.05. The summed E-state index contributed by atoms with van der Waals surface area (Å²) in [5.74, 6) is -0.135. The van der Waals surface area contributed by atoms with Gasteiger partial charge >= 0.3 is 0 Å². The van der Waals surface area contributed by atoms with Gasteiger partial charge in [0.2, 0.25) is 0 Å². The Hall–Kier alpha value is -1.80. The number of benzene rings is 2. The quantitative estimate of drug-likeness (QED) is 0.653. The molecule has 3 rings (SSSR count). The number of allylic oxidation sites excluding steroid dienone is 1. The number of carbonyl (C=O) groups is 1. The molecule has 0 saturated heterocycles. The molecule has 1 unspecified atom stereocenters. The van der Waals surface area contributed by atoms with Gasteiger partial charge in [0.05, 0.1) is 5.57 Å². The number of halogens is 1. The average Bonchev–Trinajstić information content (AvgIpc) is 2.62. The number of hydrogen-bond donors (Lipinski definition) is 2. The SMILES string of the molecule is CSC1=NC(c2ccccc2)C(C(=O)Nc2ccccc2)=C(C)N1.I. The summed E-state index contributed by atoms with van der Waals surface area (Å²) < 4.78 is 0. The lowest BCUT2D eigenvalue weighted by molar-refractivity contribution is -0.113. The first-order valence-electron chi connectivity index (χ1n) is 7.70. The molecule has 6 heteroatoms. The number of anilines is 1. The lowest BCUT2D eigenvalue weighted by atomic mass is 9.96. The van der Waals surface area contributed by atoms with E-state index in [1.807, 2.05) is 73.8 Å². The topological polar surface area (TPSA) is 53.5 Å². The number of carbonyl (C=O) groups excluding carboxylic acids is 1. The van der Waals surface area contributed by atoms with Crippen molar-refractivity contribution >= 4 is 52.5 Å². The van der Waals surface area contributed by atoms with Crippen molar-refractivity contribution in [3.05, 3.63) is 77.5 Å². The third kappa shape index (κ3) is 4.64. The molecule has 0 aromatic heterocycles. The molecule has 1 aliphatic heterocycles. The number of aliphatic imine (C=N–C) groups is 1. The van der Waals surface area contributed by atoms with Gasteiger partial charge in [0.1, 0.15) is 6.04 Å². The summed E-state index contributed by atoms with van der Waals surface area (Å²) in [6, 6.07) is 19.1. The van der Waals surface area contributed by atoms with Crippen LogP contribution in [-0.4, -0.2) is 17.3 Å². The molecule has 2 aromatic rings. The van der Waals surface area contributed by atoms with E-state index < -0.39 is 0 Å². The van der Waals surface area contributed by atoms with Gasteiger partial charge in [-0.3, -0.25) is 4.79 Å². The normalized spacial score (nSPS) is 16.4. The predicted molar refractivity (Wildman–Crippen MR) is 116 cm³/mol. The van der Waals surface area contributed by atoms with Crippen LogP contribution in [0.3, 0.4) is 0 Å². The molecule has 0 radical (unpaired) electrons. The maximum atomic E-state index is 12.9. The number of thioether (sulfide) groups is 1. The third-order valence-corrected chi connectivity index (χ3v) is 4.40. The molecule has 0 aliphatic carbocycles. The third-order valence-electron chi connectivity index (χ3n) is 3.80. The van der Waals surface area contributed by atoms with E-state index in [1.54, 1.807) is 0 Å². The number of amidine groups is 1. The van der Waals surface area contributed by atoms with Crippen LogP contribution in [0.15, 0.2) is 76.9 Å². The zero-order valence-corrected chi connectivity index (χ0v) is 17.2. The highest BCUT2D eigenvalue weighted by Gasteiger charge is 2.29. The molecule has 130 valence electrons. The van der Waals surface area contributed by atoms with Crippen molar-refractivity contribution in [1.29, 1.82) is 0 Å². The van der Waals surface area contributed by atoms with E-state index in [4.69, 9.17) is 4.99 Å². The smallest absolute Gasteiger partial charge is 0.255 e. The Balaban J connectivity index is 0.00000225. The fraction of sp³-hybridized carbons (Fsp3) is 0.158. The van der Waals surface area contributed by atoms with Crippen LogP contribution >= 0.6 is 35.7 Å². The summed E-state index contributed by atoms with van der Waals surface area (Å²) in [5, 5.41) is 6.99. The molecule has 0 bridgehead atoms. The van der Waals surface area contributed by atoms with Crippen LogP contribution in [0, 0.1) is 0 Å². The first-order valence-corrected chi connectivity index (χ1v) is 8.92. The van der Waals surface area contributed by atoms with E-state index in [2.05, 4.69) is 10.6 Å². The van der Waals surface area contributed by atoms with Gasteiger partial charge in [-0.2, -0.15) is 0 Å². The number of amides is 1. The van der Waals surface area contributed by atoms with Crippen LogP contribution in [-0.2, 0) is 4.79 Å². The molecule has 25 heavy (non-hydrogen) atoms. The minimum Gasteiger partial charge on any atom is -0.338 e. The molecular weight excluding hydrogens is 445 g/mol. The van der Waals surface area contributed by atoms with Crippen molar-refractivity contribution in [1.82, 2.24) is 5.32 Å². The van der Waals surface area contributed by atoms with E-state index in [9.17, 15) is 4.79 Å². The second-order valence-electron chi connectivity index (χ2n) is 5.44. The molecule has 2 aromatic carbocycles. The Kier molecular flexibility index (Phi) is 7.07. The molecular formula is C19H20IN3OS. The van der Waals surface area contributed by atoms with Crippen molar-refractivity contribution in [2.45, 2.75) is 13.0 Å². The van der Waals surface area contributed by atoms with Crippen molar-refractivity contribution in [3.8, 4) is 0 Å². The van der Waals surface area contributed by atoms with Gasteiger partial charge in [-0.25, -0.2) is 4.99 Å². The monoisotopic (exact) mass is 465 g/mol. The van der Waals surface area contributed by atoms with Crippen LogP contribution in [0.2, 0.25) is 0 Å². The van der Waals surface area contributed by atoms with Crippen LogP contribution in [0.4, 0.5) is 5.69 Å². The number of nitrogens with one attached hydrogen (secondary N) is 2. The molecule has 0 fully saturated rings. The standard InChI is InChI=1S/C19H19N3OS.HI/c1-13-16(18(23)21-15-11-7-4-8-12-15)17(22-19(20-13)24-2)14-9-5-3-6-10-14;/h3-12,17H,1-2H3,(H,20,22)(H,21,23);1H. The van der Waals surface area contributed by atoms with Crippen molar-refractivity contribution < 1.29 is 4.79 Å². The van der Waals surface area contributed by atoms with Crippen LogP contribution in [0.25, 0.3) is 0 Å². The molecule has 4 nitrogen and oxygen atoms in total.